The Morgan fingerprint density at radius 1 is 0.740 bits per heavy atom. The number of hydrogen-bond acceptors (Lipinski definition) is 17. The maximum Gasteiger partial charge on any atom is 0.229 e. The van der Waals surface area contributed by atoms with E-state index in [0.29, 0.717) is 18.8 Å². The highest BCUT2D eigenvalue weighted by Gasteiger charge is 2.54. The standard InChI is InChI=1S/C33H44O17/c1-41-18-5-14(6-19(42-2)23(18)36)26-16-10-46-27(17(16)11-45-26)15-7-20(43-3)28(21(8-15)44-4)49-31-25(38)29(24(37)22(9-34)48-31)50-32-30(39)33(40,12-35)13-47-32/h5-8,16-17,22,24-27,29-32,34-40H,9-13H2,1-4H3. The molecular formula is C33H44O17. The molecule has 4 aliphatic rings. The summed E-state index contributed by atoms with van der Waals surface area (Å²) in [5.41, 5.74) is -0.547. The largest absolute Gasteiger partial charge is 0.502 e. The maximum atomic E-state index is 11.3. The number of methoxy groups -OCH3 is 4. The SMILES string of the molecule is COc1cc(C2OCC3C(c4cc(OC)c(OC5OC(CO)C(O)C(OC6OCC(O)(CO)C6O)C5O)c(OC)c4)OCC23)cc(OC)c1O. The lowest BCUT2D eigenvalue weighted by Crippen LogP contribution is -2.62. The minimum absolute atomic E-state index is 0.0276. The van der Waals surface area contributed by atoms with Crippen molar-refractivity contribution in [1.29, 1.82) is 0 Å². The molecular weight excluding hydrogens is 668 g/mol. The molecule has 278 valence electrons. The molecule has 4 fully saturated rings. The van der Waals surface area contributed by atoms with Crippen LogP contribution in [-0.4, -0.2) is 146 Å². The number of phenolic OH excluding ortho intramolecular Hbond substituents is 1. The number of ether oxygens (including phenoxy) is 10. The minimum Gasteiger partial charge on any atom is -0.502 e. The summed E-state index contributed by atoms with van der Waals surface area (Å²) >= 11 is 0. The molecule has 2 aromatic carbocycles. The molecule has 0 amide bonds. The van der Waals surface area contributed by atoms with Crippen LogP contribution in [-0.2, 0) is 23.7 Å². The fraction of sp³-hybridized carbons (Fsp3) is 0.636. The summed E-state index contributed by atoms with van der Waals surface area (Å²) in [4.78, 5) is 0. The van der Waals surface area contributed by atoms with Crippen molar-refractivity contribution in [3.8, 4) is 34.5 Å². The first-order valence-corrected chi connectivity index (χ1v) is 16.0. The third kappa shape index (κ3) is 6.41. The predicted octanol–water partition coefficient (Wildman–Crippen LogP) is -0.855. The van der Waals surface area contributed by atoms with Crippen LogP contribution >= 0.6 is 0 Å². The van der Waals surface area contributed by atoms with Crippen molar-refractivity contribution >= 4 is 0 Å². The van der Waals surface area contributed by atoms with Crippen molar-refractivity contribution in [2.75, 3.05) is 61.5 Å². The molecule has 0 spiro atoms. The van der Waals surface area contributed by atoms with Crippen molar-refractivity contribution in [1.82, 2.24) is 0 Å². The molecule has 6 rings (SSSR count). The first-order chi connectivity index (χ1) is 24.0. The highest BCUT2D eigenvalue weighted by Crippen LogP contribution is 2.53. The number of aromatic hydroxyl groups is 1. The number of benzene rings is 2. The molecule has 0 radical (unpaired) electrons. The van der Waals surface area contributed by atoms with E-state index in [1.807, 2.05) is 0 Å². The van der Waals surface area contributed by atoms with E-state index in [2.05, 4.69) is 0 Å². The van der Waals surface area contributed by atoms with Gasteiger partial charge in [-0.15, -0.1) is 0 Å². The Hall–Kier alpha value is -3.20. The van der Waals surface area contributed by atoms with Crippen LogP contribution in [0.3, 0.4) is 0 Å². The quantitative estimate of drug-likeness (QED) is 0.142. The average Bonchev–Trinajstić information content (AvgIpc) is 3.82. The molecule has 0 aromatic heterocycles. The van der Waals surface area contributed by atoms with E-state index in [1.165, 1.54) is 28.4 Å². The van der Waals surface area contributed by atoms with Gasteiger partial charge >= 0.3 is 0 Å². The Morgan fingerprint density at radius 3 is 1.72 bits per heavy atom. The van der Waals surface area contributed by atoms with Gasteiger partial charge in [0.2, 0.25) is 17.8 Å². The number of hydrogen-bond donors (Lipinski definition) is 7. The van der Waals surface area contributed by atoms with Gasteiger partial charge in [-0.05, 0) is 35.4 Å². The fourth-order valence-electron chi connectivity index (χ4n) is 6.98. The van der Waals surface area contributed by atoms with Gasteiger partial charge in [0, 0.05) is 11.8 Å². The Morgan fingerprint density at radius 2 is 1.26 bits per heavy atom. The van der Waals surface area contributed by atoms with Crippen LogP contribution in [0.4, 0.5) is 0 Å². The van der Waals surface area contributed by atoms with Gasteiger partial charge in [-0.25, -0.2) is 0 Å². The smallest absolute Gasteiger partial charge is 0.229 e. The molecule has 7 N–H and O–H groups in total. The zero-order chi connectivity index (χ0) is 35.9. The molecule has 0 aliphatic carbocycles. The van der Waals surface area contributed by atoms with Gasteiger partial charge in [-0.1, -0.05) is 0 Å². The summed E-state index contributed by atoms with van der Waals surface area (Å²) < 4.78 is 57.3. The molecule has 2 aromatic rings. The number of aliphatic hydroxyl groups is 6. The zero-order valence-corrected chi connectivity index (χ0v) is 27.9. The third-order valence-corrected chi connectivity index (χ3v) is 9.83. The van der Waals surface area contributed by atoms with Crippen LogP contribution in [0.1, 0.15) is 23.3 Å². The number of phenols is 1. The third-order valence-electron chi connectivity index (χ3n) is 9.83. The molecule has 12 unspecified atom stereocenters. The second-order valence-electron chi connectivity index (χ2n) is 12.7. The Labute approximate surface area is 287 Å². The molecule has 4 aliphatic heterocycles. The summed E-state index contributed by atoms with van der Waals surface area (Å²) in [6, 6.07) is 6.83. The van der Waals surface area contributed by atoms with Crippen LogP contribution in [0.15, 0.2) is 24.3 Å². The zero-order valence-electron chi connectivity index (χ0n) is 27.9. The maximum absolute atomic E-state index is 11.3. The van der Waals surface area contributed by atoms with E-state index in [0.717, 1.165) is 5.56 Å². The topological polar surface area (TPSA) is 234 Å². The van der Waals surface area contributed by atoms with E-state index < -0.39 is 74.6 Å². The Balaban J connectivity index is 1.22. The minimum atomic E-state index is -2.01. The van der Waals surface area contributed by atoms with Gasteiger partial charge in [0.15, 0.2) is 29.3 Å². The molecule has 4 saturated heterocycles. The van der Waals surface area contributed by atoms with Gasteiger partial charge in [0.25, 0.3) is 0 Å². The van der Waals surface area contributed by atoms with Crippen molar-refractivity contribution in [3.63, 3.8) is 0 Å². The van der Waals surface area contributed by atoms with Gasteiger partial charge in [-0.2, -0.15) is 0 Å². The number of aliphatic hydroxyl groups excluding tert-OH is 5. The normalized spacial score (nSPS) is 36.6. The van der Waals surface area contributed by atoms with Gasteiger partial charge in [0.05, 0.1) is 73.7 Å². The van der Waals surface area contributed by atoms with E-state index in [1.54, 1.807) is 24.3 Å². The van der Waals surface area contributed by atoms with E-state index >= 15 is 0 Å². The lowest BCUT2D eigenvalue weighted by atomic mass is 9.84. The van der Waals surface area contributed by atoms with Crippen LogP contribution in [0.5, 0.6) is 34.5 Å². The monoisotopic (exact) mass is 712 g/mol. The Kier molecular flexibility index (Phi) is 10.8. The van der Waals surface area contributed by atoms with E-state index in [9.17, 15) is 35.7 Å². The summed E-state index contributed by atoms with van der Waals surface area (Å²) in [5, 5.41) is 72.7. The van der Waals surface area contributed by atoms with Crippen molar-refractivity contribution < 1.29 is 83.1 Å². The first-order valence-electron chi connectivity index (χ1n) is 16.0. The van der Waals surface area contributed by atoms with E-state index in [4.69, 9.17) is 47.4 Å². The molecule has 0 bridgehead atoms. The molecule has 0 saturated carbocycles. The van der Waals surface area contributed by atoms with Crippen molar-refractivity contribution in [2.24, 2.45) is 11.8 Å². The molecule has 4 heterocycles. The molecule has 12 atom stereocenters. The van der Waals surface area contributed by atoms with Crippen LogP contribution in [0.2, 0.25) is 0 Å². The predicted molar refractivity (Wildman–Crippen MR) is 166 cm³/mol. The van der Waals surface area contributed by atoms with Crippen molar-refractivity contribution in [2.45, 2.75) is 60.9 Å². The van der Waals surface area contributed by atoms with Gasteiger partial charge < -0.3 is 83.1 Å². The highest BCUT2D eigenvalue weighted by atomic mass is 16.7. The first kappa shape index (κ1) is 36.6. The lowest BCUT2D eigenvalue weighted by molar-refractivity contribution is -0.313. The second-order valence-corrected chi connectivity index (χ2v) is 12.7. The van der Waals surface area contributed by atoms with E-state index in [-0.39, 0.29) is 52.4 Å². The molecule has 50 heavy (non-hydrogen) atoms. The fourth-order valence-corrected chi connectivity index (χ4v) is 6.98. The Bertz CT molecular complexity index is 1440. The summed E-state index contributed by atoms with van der Waals surface area (Å²) in [7, 11) is 5.74. The van der Waals surface area contributed by atoms with Crippen molar-refractivity contribution in [3.05, 3.63) is 35.4 Å². The van der Waals surface area contributed by atoms with Gasteiger partial charge in [0.1, 0.15) is 36.1 Å². The summed E-state index contributed by atoms with van der Waals surface area (Å²) in [6.07, 6.45) is -11.7. The number of rotatable bonds is 12. The highest BCUT2D eigenvalue weighted by molar-refractivity contribution is 5.55. The van der Waals surface area contributed by atoms with Crippen LogP contribution in [0.25, 0.3) is 0 Å². The lowest BCUT2D eigenvalue weighted by Gasteiger charge is -2.42. The number of fused-ring (bicyclic) bond motifs is 1. The van der Waals surface area contributed by atoms with Crippen LogP contribution < -0.4 is 23.7 Å². The average molecular weight is 713 g/mol. The summed E-state index contributed by atoms with van der Waals surface area (Å²) in [5.74, 6) is 0.702. The summed E-state index contributed by atoms with van der Waals surface area (Å²) in [6.45, 7) is -1.23. The molecule has 17 heteroatoms. The molecule has 17 nitrogen and oxygen atoms in total. The van der Waals surface area contributed by atoms with Crippen LogP contribution in [0, 0.1) is 11.8 Å². The second kappa shape index (κ2) is 14.8. The van der Waals surface area contributed by atoms with Gasteiger partial charge in [-0.3, -0.25) is 0 Å².